The standard InChI is InChI=1S/C6H12N2O3.C6H15NO3/c1-8-4(6(10)11)2-3-5(7)9;8-4-1-7(2-5-9)3-6-10/h4,8H,2-3H2,1H3,(H2,7,9)(H,10,11);8-10H,1-6H2/t4-;/m1./s1. The van der Waals surface area contributed by atoms with Crippen LogP contribution in [0.1, 0.15) is 12.8 Å². The maximum absolute atomic E-state index is 10.3. The van der Waals surface area contributed by atoms with Crippen molar-refractivity contribution >= 4 is 11.9 Å². The molecule has 0 fully saturated rings. The Morgan fingerprint density at radius 3 is 1.76 bits per heavy atom. The first-order valence-corrected chi connectivity index (χ1v) is 6.66. The summed E-state index contributed by atoms with van der Waals surface area (Å²) >= 11 is 0. The number of aliphatic carboxylic acids is 1. The van der Waals surface area contributed by atoms with E-state index in [2.05, 4.69) is 5.32 Å². The van der Waals surface area contributed by atoms with Gasteiger partial charge in [0.25, 0.3) is 0 Å². The van der Waals surface area contributed by atoms with Gasteiger partial charge in [-0.25, -0.2) is 0 Å². The molecule has 0 spiro atoms. The smallest absolute Gasteiger partial charge is 0.320 e. The van der Waals surface area contributed by atoms with Crippen molar-refractivity contribution in [3.05, 3.63) is 0 Å². The summed E-state index contributed by atoms with van der Waals surface area (Å²) < 4.78 is 0. The molecule has 0 aromatic rings. The molecule has 0 unspecified atom stereocenters. The van der Waals surface area contributed by atoms with Crippen LogP contribution in [0.4, 0.5) is 0 Å². The van der Waals surface area contributed by atoms with Crippen molar-refractivity contribution in [2.24, 2.45) is 5.73 Å². The second-order valence-corrected chi connectivity index (χ2v) is 4.20. The summed E-state index contributed by atoms with van der Waals surface area (Å²) in [6.45, 7) is 1.75. The lowest BCUT2D eigenvalue weighted by atomic mass is 10.1. The zero-order valence-electron chi connectivity index (χ0n) is 12.4. The van der Waals surface area contributed by atoms with E-state index < -0.39 is 17.9 Å². The Balaban J connectivity index is 0. The number of carboxylic acids is 1. The van der Waals surface area contributed by atoms with E-state index in [1.165, 1.54) is 7.05 Å². The van der Waals surface area contributed by atoms with Gasteiger partial charge in [-0.05, 0) is 13.5 Å². The van der Waals surface area contributed by atoms with Crippen molar-refractivity contribution in [3.63, 3.8) is 0 Å². The van der Waals surface area contributed by atoms with Crippen LogP contribution < -0.4 is 11.1 Å². The largest absolute Gasteiger partial charge is 0.480 e. The van der Waals surface area contributed by atoms with Crippen LogP contribution in [-0.2, 0) is 9.59 Å². The van der Waals surface area contributed by atoms with Crippen LogP contribution in [0.15, 0.2) is 0 Å². The minimum absolute atomic E-state index is 0.0694. The Morgan fingerprint density at radius 2 is 1.52 bits per heavy atom. The molecule has 0 aromatic heterocycles. The number of nitrogens with one attached hydrogen (secondary N) is 1. The molecule has 0 saturated heterocycles. The predicted octanol–water partition coefficient (Wildman–Crippen LogP) is -2.81. The van der Waals surface area contributed by atoms with Gasteiger partial charge in [0.05, 0.1) is 19.8 Å². The number of aliphatic hydroxyl groups is 3. The quantitative estimate of drug-likeness (QED) is 0.239. The van der Waals surface area contributed by atoms with Gasteiger partial charge in [-0.3, -0.25) is 14.5 Å². The fourth-order valence-corrected chi connectivity index (χ4v) is 1.44. The normalized spacial score (nSPS) is 11.7. The van der Waals surface area contributed by atoms with Gasteiger partial charge < -0.3 is 31.5 Å². The maximum Gasteiger partial charge on any atom is 0.320 e. The first-order chi connectivity index (χ1) is 9.92. The van der Waals surface area contributed by atoms with Crippen LogP contribution in [0.2, 0.25) is 0 Å². The van der Waals surface area contributed by atoms with Crippen LogP contribution in [0.5, 0.6) is 0 Å². The molecule has 0 aromatic carbocycles. The molecule has 0 saturated carbocycles. The van der Waals surface area contributed by atoms with E-state index in [0.29, 0.717) is 19.6 Å². The molecule has 1 amide bonds. The zero-order valence-corrected chi connectivity index (χ0v) is 12.4. The third-order valence-corrected chi connectivity index (χ3v) is 2.57. The number of carbonyl (C=O) groups is 2. The Kier molecular flexibility index (Phi) is 15.9. The fourth-order valence-electron chi connectivity index (χ4n) is 1.44. The highest BCUT2D eigenvalue weighted by Crippen LogP contribution is 1.95. The van der Waals surface area contributed by atoms with E-state index in [1.807, 2.05) is 0 Å². The zero-order chi connectivity index (χ0) is 16.7. The molecule has 0 bridgehead atoms. The SMILES string of the molecule is CN[C@H](CCC(N)=O)C(=O)O.OCCN(CCO)CCO. The minimum Gasteiger partial charge on any atom is -0.480 e. The van der Waals surface area contributed by atoms with E-state index in [9.17, 15) is 9.59 Å². The molecule has 0 heterocycles. The highest BCUT2D eigenvalue weighted by atomic mass is 16.4. The molecule has 9 nitrogen and oxygen atoms in total. The van der Waals surface area contributed by atoms with Crippen LogP contribution in [-0.4, -0.2) is 89.7 Å². The van der Waals surface area contributed by atoms with Gasteiger partial charge in [0.15, 0.2) is 0 Å². The molecule has 0 aliphatic heterocycles. The Labute approximate surface area is 124 Å². The third-order valence-electron chi connectivity index (χ3n) is 2.57. The summed E-state index contributed by atoms with van der Waals surface area (Å²) in [7, 11) is 1.53. The molecule has 21 heavy (non-hydrogen) atoms. The van der Waals surface area contributed by atoms with Crippen molar-refractivity contribution in [1.82, 2.24) is 10.2 Å². The average Bonchev–Trinajstić information content (AvgIpc) is 2.40. The van der Waals surface area contributed by atoms with Crippen molar-refractivity contribution in [2.75, 3.05) is 46.5 Å². The highest BCUT2D eigenvalue weighted by Gasteiger charge is 2.14. The Bertz CT molecular complexity index is 263. The first-order valence-electron chi connectivity index (χ1n) is 6.66. The minimum atomic E-state index is -0.964. The number of aliphatic hydroxyl groups excluding tert-OH is 3. The lowest BCUT2D eigenvalue weighted by molar-refractivity contribution is -0.139. The van der Waals surface area contributed by atoms with Crippen LogP contribution >= 0.6 is 0 Å². The summed E-state index contributed by atoms with van der Waals surface area (Å²) in [6, 6.07) is -0.678. The number of primary amides is 1. The molecule has 0 aliphatic rings. The van der Waals surface area contributed by atoms with E-state index in [1.54, 1.807) is 4.90 Å². The van der Waals surface area contributed by atoms with Crippen molar-refractivity contribution in [2.45, 2.75) is 18.9 Å². The van der Waals surface area contributed by atoms with Crippen LogP contribution in [0.3, 0.4) is 0 Å². The summed E-state index contributed by atoms with van der Waals surface area (Å²) in [5.74, 6) is -1.44. The monoisotopic (exact) mass is 309 g/mol. The number of nitrogens with zero attached hydrogens (tertiary/aromatic N) is 1. The molecular weight excluding hydrogens is 282 g/mol. The van der Waals surface area contributed by atoms with E-state index in [-0.39, 0.29) is 32.7 Å². The summed E-state index contributed by atoms with van der Waals surface area (Å²) in [4.78, 5) is 22.4. The molecule has 7 N–H and O–H groups in total. The second kappa shape index (κ2) is 15.1. The lowest BCUT2D eigenvalue weighted by Crippen LogP contribution is -2.34. The molecular formula is C12H27N3O6. The molecule has 0 radical (unpaired) electrons. The highest BCUT2D eigenvalue weighted by molar-refractivity contribution is 5.77. The van der Waals surface area contributed by atoms with Gasteiger partial charge in [0, 0.05) is 26.1 Å². The van der Waals surface area contributed by atoms with Crippen molar-refractivity contribution < 1.29 is 30.0 Å². The number of likely N-dealkylation sites (N-methyl/N-ethyl adjacent to an activating group) is 1. The molecule has 0 aliphatic carbocycles. The number of carbonyl (C=O) groups excluding carboxylic acids is 1. The molecule has 126 valence electrons. The van der Waals surface area contributed by atoms with Gasteiger partial charge in [0.2, 0.25) is 5.91 Å². The number of rotatable bonds is 11. The van der Waals surface area contributed by atoms with E-state index >= 15 is 0 Å². The van der Waals surface area contributed by atoms with Crippen molar-refractivity contribution in [3.8, 4) is 0 Å². The van der Waals surface area contributed by atoms with Crippen molar-refractivity contribution in [1.29, 1.82) is 0 Å². The van der Waals surface area contributed by atoms with Crippen LogP contribution in [0, 0.1) is 0 Å². The predicted molar refractivity (Wildman–Crippen MR) is 76.6 cm³/mol. The van der Waals surface area contributed by atoms with Gasteiger partial charge in [0.1, 0.15) is 6.04 Å². The average molecular weight is 309 g/mol. The van der Waals surface area contributed by atoms with Gasteiger partial charge in [-0.2, -0.15) is 0 Å². The molecule has 0 rings (SSSR count). The number of hydrogen-bond acceptors (Lipinski definition) is 7. The number of amides is 1. The first kappa shape index (κ1) is 22.0. The number of hydrogen-bond donors (Lipinski definition) is 6. The Hall–Kier alpha value is -1.26. The summed E-state index contributed by atoms with van der Waals surface area (Å²) in [6.07, 6.45) is 0.332. The Morgan fingerprint density at radius 1 is 1.10 bits per heavy atom. The fraction of sp³-hybridized carbons (Fsp3) is 0.833. The van der Waals surface area contributed by atoms with E-state index in [4.69, 9.17) is 26.2 Å². The number of nitrogens with two attached hydrogens (primary N) is 1. The summed E-state index contributed by atoms with van der Waals surface area (Å²) in [5.41, 5.74) is 4.84. The van der Waals surface area contributed by atoms with Crippen LogP contribution in [0.25, 0.3) is 0 Å². The third kappa shape index (κ3) is 15.0. The number of carboxylic acid groups (broad SMARTS) is 1. The molecule has 9 heteroatoms. The second-order valence-electron chi connectivity index (χ2n) is 4.20. The van der Waals surface area contributed by atoms with Gasteiger partial charge >= 0.3 is 5.97 Å². The van der Waals surface area contributed by atoms with Gasteiger partial charge in [-0.1, -0.05) is 0 Å². The summed E-state index contributed by atoms with van der Waals surface area (Å²) in [5, 5.41) is 36.5. The lowest BCUT2D eigenvalue weighted by Gasteiger charge is -2.17. The van der Waals surface area contributed by atoms with E-state index in [0.717, 1.165) is 0 Å². The molecule has 1 atom stereocenters. The maximum atomic E-state index is 10.3. The topological polar surface area (TPSA) is 156 Å². The van der Waals surface area contributed by atoms with Gasteiger partial charge in [-0.15, -0.1) is 0 Å².